The van der Waals surface area contributed by atoms with Crippen LogP contribution in [0.4, 0.5) is 4.39 Å². The highest BCUT2D eigenvalue weighted by Gasteiger charge is 2.47. The summed E-state index contributed by atoms with van der Waals surface area (Å²) < 4.78 is 13.4. The van der Waals surface area contributed by atoms with E-state index in [2.05, 4.69) is 49.5 Å². The van der Waals surface area contributed by atoms with E-state index in [9.17, 15) is 9.18 Å². The van der Waals surface area contributed by atoms with Crippen molar-refractivity contribution in [3.63, 3.8) is 0 Å². The zero-order valence-corrected chi connectivity index (χ0v) is 19.9. The number of thioether (sulfide) groups is 2. The average Bonchev–Trinajstić information content (AvgIpc) is 3.52. The fraction of sp³-hybridized carbons (Fsp3) is 0.423. The molecule has 0 bridgehead atoms. The summed E-state index contributed by atoms with van der Waals surface area (Å²) in [5.41, 5.74) is 2.04. The Morgan fingerprint density at radius 2 is 1.94 bits per heavy atom. The van der Waals surface area contributed by atoms with Crippen LogP contribution in [0.5, 0.6) is 0 Å². The van der Waals surface area contributed by atoms with Crippen molar-refractivity contribution >= 4 is 29.4 Å². The summed E-state index contributed by atoms with van der Waals surface area (Å²) >= 11 is 3.71. The lowest BCUT2D eigenvalue weighted by molar-refractivity contribution is -0.121. The van der Waals surface area contributed by atoms with Crippen molar-refractivity contribution in [2.75, 3.05) is 5.75 Å². The van der Waals surface area contributed by atoms with Gasteiger partial charge in [0.15, 0.2) is 0 Å². The summed E-state index contributed by atoms with van der Waals surface area (Å²) in [5.74, 6) is 1.08. The molecule has 1 fully saturated rings. The Morgan fingerprint density at radius 3 is 2.52 bits per heavy atom. The highest BCUT2D eigenvalue weighted by molar-refractivity contribution is 8.04. The minimum absolute atomic E-state index is 0.0201. The average molecular weight is 456 g/mol. The maximum absolute atomic E-state index is 13.3. The molecule has 1 N–H and O–H groups in total. The number of rotatable bonds is 8. The number of carbonyl (C=O) groups is 1. The molecular formula is C26H30FNOS2. The van der Waals surface area contributed by atoms with Gasteiger partial charge in [-0.3, -0.25) is 4.79 Å². The Morgan fingerprint density at radius 1 is 1.16 bits per heavy atom. The van der Waals surface area contributed by atoms with Gasteiger partial charge in [-0.05, 0) is 72.6 Å². The van der Waals surface area contributed by atoms with Crippen LogP contribution in [0.2, 0.25) is 0 Å². The lowest BCUT2D eigenvalue weighted by Gasteiger charge is -2.31. The molecule has 3 aliphatic carbocycles. The van der Waals surface area contributed by atoms with Gasteiger partial charge in [0.05, 0.1) is 12.0 Å². The zero-order valence-electron chi connectivity index (χ0n) is 18.2. The number of amides is 1. The highest BCUT2D eigenvalue weighted by Crippen LogP contribution is 2.58. The smallest absolute Gasteiger partial charge is 0.225 e. The van der Waals surface area contributed by atoms with Crippen molar-refractivity contribution < 1.29 is 9.18 Å². The molecule has 1 amide bonds. The minimum Gasteiger partial charge on any atom is -0.347 e. The van der Waals surface area contributed by atoms with E-state index in [1.54, 1.807) is 6.08 Å². The van der Waals surface area contributed by atoms with Crippen LogP contribution in [-0.4, -0.2) is 21.9 Å². The van der Waals surface area contributed by atoms with Crippen molar-refractivity contribution in [3.05, 3.63) is 76.5 Å². The molecule has 1 unspecified atom stereocenters. The van der Waals surface area contributed by atoms with E-state index >= 15 is 0 Å². The van der Waals surface area contributed by atoms with Crippen molar-refractivity contribution in [3.8, 4) is 0 Å². The van der Waals surface area contributed by atoms with Crippen LogP contribution < -0.4 is 5.32 Å². The first-order valence-corrected chi connectivity index (χ1v) is 12.9. The van der Waals surface area contributed by atoms with Gasteiger partial charge in [-0.2, -0.15) is 0 Å². The van der Waals surface area contributed by atoms with Gasteiger partial charge < -0.3 is 5.32 Å². The van der Waals surface area contributed by atoms with Gasteiger partial charge in [0.25, 0.3) is 0 Å². The maximum Gasteiger partial charge on any atom is 0.225 e. The SMILES string of the molecule is CCSc1ccc(CC(=O)NC2(C)C=CC(C3(SC4=CC=C(F)CC4)CC3)=CC2)cc1. The predicted molar refractivity (Wildman–Crippen MR) is 131 cm³/mol. The van der Waals surface area contributed by atoms with Crippen LogP contribution in [-0.2, 0) is 11.2 Å². The Labute approximate surface area is 193 Å². The summed E-state index contributed by atoms with van der Waals surface area (Å²) in [6.45, 7) is 4.22. The number of nitrogens with one attached hydrogen (secondary N) is 1. The molecular weight excluding hydrogens is 425 g/mol. The topological polar surface area (TPSA) is 29.1 Å². The lowest BCUT2D eigenvalue weighted by Crippen LogP contribution is -2.45. The van der Waals surface area contributed by atoms with E-state index in [-0.39, 0.29) is 22.0 Å². The zero-order chi connectivity index (χ0) is 21.9. The summed E-state index contributed by atoms with van der Waals surface area (Å²) in [6, 6.07) is 8.27. The second kappa shape index (κ2) is 9.41. The van der Waals surface area contributed by atoms with E-state index in [1.807, 2.05) is 41.7 Å². The molecule has 31 heavy (non-hydrogen) atoms. The summed E-state index contributed by atoms with van der Waals surface area (Å²) in [7, 11) is 0. The van der Waals surface area contributed by atoms with Crippen LogP contribution in [0.15, 0.2) is 75.8 Å². The Kier molecular flexibility index (Phi) is 6.83. The summed E-state index contributed by atoms with van der Waals surface area (Å²) in [4.78, 5) is 15.2. The lowest BCUT2D eigenvalue weighted by atomic mass is 9.88. The Balaban J connectivity index is 1.32. The largest absolute Gasteiger partial charge is 0.347 e. The van der Waals surface area contributed by atoms with Gasteiger partial charge in [0.2, 0.25) is 5.91 Å². The van der Waals surface area contributed by atoms with Crippen molar-refractivity contribution in [1.29, 1.82) is 0 Å². The second-order valence-electron chi connectivity index (χ2n) is 8.76. The third kappa shape index (κ3) is 5.75. The van der Waals surface area contributed by atoms with Gasteiger partial charge in [-0.25, -0.2) is 4.39 Å². The molecule has 0 radical (unpaired) electrons. The monoisotopic (exact) mass is 455 g/mol. The van der Waals surface area contributed by atoms with Crippen LogP contribution in [0, 0.1) is 0 Å². The highest BCUT2D eigenvalue weighted by atomic mass is 32.2. The quantitative estimate of drug-likeness (QED) is 0.432. The van der Waals surface area contributed by atoms with Gasteiger partial charge in [-0.15, -0.1) is 23.5 Å². The normalized spacial score (nSPS) is 24.2. The molecule has 4 rings (SSSR count). The van der Waals surface area contributed by atoms with E-state index < -0.39 is 0 Å². The van der Waals surface area contributed by atoms with E-state index in [4.69, 9.17) is 0 Å². The molecule has 0 aromatic heterocycles. The molecule has 2 nitrogen and oxygen atoms in total. The molecule has 0 aliphatic heterocycles. The third-order valence-electron chi connectivity index (χ3n) is 6.02. The first kappa shape index (κ1) is 22.5. The van der Waals surface area contributed by atoms with Crippen LogP contribution in [0.25, 0.3) is 0 Å². The number of hydrogen-bond donors (Lipinski definition) is 1. The molecule has 1 aromatic carbocycles. The molecule has 0 heterocycles. The van der Waals surface area contributed by atoms with Gasteiger partial charge in [-0.1, -0.05) is 43.4 Å². The molecule has 1 atom stereocenters. The number of halogens is 1. The second-order valence-corrected chi connectivity index (χ2v) is 11.6. The summed E-state index contributed by atoms with van der Waals surface area (Å²) in [5, 5.41) is 3.22. The first-order chi connectivity index (χ1) is 14.9. The van der Waals surface area contributed by atoms with Crippen molar-refractivity contribution in [2.24, 2.45) is 0 Å². The molecule has 0 saturated heterocycles. The van der Waals surface area contributed by atoms with Crippen LogP contribution >= 0.6 is 23.5 Å². The Hall–Kier alpha value is -1.72. The fourth-order valence-corrected chi connectivity index (χ4v) is 6.15. The van der Waals surface area contributed by atoms with E-state index in [1.165, 1.54) is 15.4 Å². The standard InChI is InChI=1S/C26H30FNOS2/c1-3-30-22-8-4-19(5-9-22)18-24(29)28-25(2)14-12-20(13-15-25)26(16-17-26)31-23-10-6-21(27)7-11-23/h4-6,8-10,12-14H,3,7,11,15-18H2,1-2H3,(H,28,29). The van der Waals surface area contributed by atoms with Gasteiger partial charge >= 0.3 is 0 Å². The number of benzene rings is 1. The molecule has 5 heteroatoms. The van der Waals surface area contributed by atoms with Crippen LogP contribution in [0.3, 0.4) is 0 Å². The summed E-state index contributed by atoms with van der Waals surface area (Å²) in [6.07, 6.45) is 15.0. The maximum atomic E-state index is 13.3. The number of allylic oxidation sites excluding steroid dienone is 5. The van der Waals surface area contributed by atoms with Crippen molar-refractivity contribution in [2.45, 2.75) is 67.6 Å². The molecule has 1 aromatic rings. The first-order valence-electron chi connectivity index (χ1n) is 11.1. The van der Waals surface area contributed by atoms with Crippen LogP contribution in [0.1, 0.15) is 51.5 Å². The predicted octanol–water partition coefficient (Wildman–Crippen LogP) is 6.90. The van der Waals surface area contributed by atoms with Crippen molar-refractivity contribution in [1.82, 2.24) is 5.32 Å². The molecule has 3 aliphatic rings. The van der Waals surface area contributed by atoms with Gasteiger partial charge in [0, 0.05) is 16.1 Å². The van der Waals surface area contributed by atoms with E-state index in [0.717, 1.165) is 37.0 Å². The van der Waals surface area contributed by atoms with E-state index in [0.29, 0.717) is 12.8 Å². The number of carbonyl (C=O) groups excluding carboxylic acids is 1. The van der Waals surface area contributed by atoms with Gasteiger partial charge in [0.1, 0.15) is 5.83 Å². The third-order valence-corrected chi connectivity index (χ3v) is 8.55. The number of hydrogen-bond acceptors (Lipinski definition) is 3. The molecule has 0 spiro atoms. The molecule has 1 saturated carbocycles. The fourth-order valence-electron chi connectivity index (χ4n) is 4.07. The molecule has 164 valence electrons. The minimum atomic E-state index is -0.352. The Bertz CT molecular complexity index is 956.